The Morgan fingerprint density at radius 3 is 2.45 bits per heavy atom. The molecule has 1 heterocycles. The van der Waals surface area contributed by atoms with Crippen molar-refractivity contribution in [1.29, 1.82) is 0 Å². The number of anilines is 2. The van der Waals surface area contributed by atoms with E-state index in [2.05, 4.69) is 29.2 Å². The van der Waals surface area contributed by atoms with Gasteiger partial charge < -0.3 is 10.2 Å². The van der Waals surface area contributed by atoms with Crippen LogP contribution < -0.4 is 15.8 Å². The maximum atomic E-state index is 13.5. The highest BCUT2D eigenvalue weighted by Crippen LogP contribution is 2.23. The van der Waals surface area contributed by atoms with Gasteiger partial charge in [-0.3, -0.25) is 9.59 Å². The number of rotatable bonds is 8. The van der Waals surface area contributed by atoms with Crippen LogP contribution in [0.15, 0.2) is 69.3 Å². The van der Waals surface area contributed by atoms with Crippen LogP contribution in [0.3, 0.4) is 0 Å². The number of nitrogens with one attached hydrogen (secondary N) is 1. The van der Waals surface area contributed by atoms with Gasteiger partial charge in [-0.05, 0) is 68.8 Å². The number of hydrogen-bond donors (Lipinski definition) is 1. The van der Waals surface area contributed by atoms with Gasteiger partial charge in [0.15, 0.2) is 5.03 Å². The van der Waals surface area contributed by atoms with Gasteiger partial charge in [0.2, 0.25) is 15.7 Å². The molecule has 0 spiro atoms. The third-order valence-electron chi connectivity index (χ3n) is 5.13. The predicted molar refractivity (Wildman–Crippen MR) is 124 cm³/mol. The van der Waals surface area contributed by atoms with Crippen LogP contribution in [0.4, 0.5) is 15.8 Å². The zero-order valence-corrected chi connectivity index (χ0v) is 19.4. The summed E-state index contributed by atoms with van der Waals surface area (Å²) < 4.78 is 39.8. The molecule has 0 radical (unpaired) electrons. The molecule has 0 aliphatic carbocycles. The normalized spacial score (nSPS) is 11.3. The standard InChI is InChI=1S/C23H25FN4O4S/c1-4-27(5-2)18-9-10-20(16(3)13-18)25-21(29)15-28-23(30)12-11-22(26-28)33(31,32)19-8-6-7-17(24)14-19/h6-14H,4-5,15H2,1-3H3,(H,25,29). The molecule has 0 fully saturated rings. The minimum Gasteiger partial charge on any atom is -0.372 e. The molecule has 0 saturated heterocycles. The molecule has 0 aliphatic heterocycles. The number of benzene rings is 2. The first-order valence-electron chi connectivity index (χ1n) is 10.4. The number of carbonyl (C=O) groups excluding carboxylic acids is 1. The number of hydrogen-bond acceptors (Lipinski definition) is 6. The van der Waals surface area contributed by atoms with Gasteiger partial charge in [0.05, 0.1) is 4.90 Å². The lowest BCUT2D eigenvalue weighted by molar-refractivity contribution is -0.117. The molecule has 10 heteroatoms. The van der Waals surface area contributed by atoms with Gasteiger partial charge in [0, 0.05) is 30.5 Å². The molecule has 174 valence electrons. The monoisotopic (exact) mass is 472 g/mol. The average Bonchev–Trinajstić information content (AvgIpc) is 2.78. The highest BCUT2D eigenvalue weighted by atomic mass is 32.2. The van der Waals surface area contributed by atoms with Gasteiger partial charge in [0.25, 0.3) is 5.56 Å². The summed E-state index contributed by atoms with van der Waals surface area (Å²) in [5.41, 5.74) is 1.81. The first kappa shape index (κ1) is 24.1. The molecule has 3 aromatic rings. The summed E-state index contributed by atoms with van der Waals surface area (Å²) in [5.74, 6) is -1.25. The minimum atomic E-state index is -4.17. The number of halogens is 1. The molecule has 1 N–H and O–H groups in total. The third-order valence-corrected chi connectivity index (χ3v) is 6.77. The zero-order valence-electron chi connectivity index (χ0n) is 18.6. The fraction of sp³-hybridized carbons (Fsp3) is 0.261. The molecule has 0 aliphatic rings. The van der Waals surface area contributed by atoms with Crippen molar-refractivity contribution < 1.29 is 17.6 Å². The summed E-state index contributed by atoms with van der Waals surface area (Å²) in [6, 6.07) is 12.2. The Labute approximate surface area is 191 Å². The highest BCUT2D eigenvalue weighted by molar-refractivity contribution is 7.91. The molecule has 2 aromatic carbocycles. The Bertz CT molecular complexity index is 1330. The number of carbonyl (C=O) groups is 1. The lowest BCUT2D eigenvalue weighted by Crippen LogP contribution is -2.30. The molecular weight excluding hydrogens is 447 g/mol. The molecule has 33 heavy (non-hydrogen) atoms. The van der Waals surface area contributed by atoms with Crippen molar-refractivity contribution in [3.05, 3.63) is 76.3 Å². The van der Waals surface area contributed by atoms with E-state index in [0.29, 0.717) is 5.69 Å². The van der Waals surface area contributed by atoms with Crippen molar-refractivity contribution in [2.45, 2.75) is 37.2 Å². The van der Waals surface area contributed by atoms with Crippen molar-refractivity contribution >= 4 is 27.1 Å². The number of sulfone groups is 1. The Morgan fingerprint density at radius 1 is 1.09 bits per heavy atom. The lowest BCUT2D eigenvalue weighted by Gasteiger charge is -2.22. The molecule has 0 atom stereocenters. The van der Waals surface area contributed by atoms with E-state index in [-0.39, 0.29) is 4.90 Å². The zero-order chi connectivity index (χ0) is 24.2. The van der Waals surface area contributed by atoms with Crippen LogP contribution in [0.2, 0.25) is 0 Å². The van der Waals surface area contributed by atoms with Crippen molar-refractivity contribution in [2.75, 3.05) is 23.3 Å². The van der Waals surface area contributed by atoms with Crippen LogP contribution in [0.1, 0.15) is 19.4 Å². The molecule has 0 unspecified atom stereocenters. The summed E-state index contributed by atoms with van der Waals surface area (Å²) in [6.45, 7) is 7.20. The van der Waals surface area contributed by atoms with Gasteiger partial charge in [-0.1, -0.05) is 6.07 Å². The Kier molecular flexibility index (Phi) is 7.27. The topological polar surface area (TPSA) is 101 Å². The van der Waals surface area contributed by atoms with Gasteiger partial charge in [-0.25, -0.2) is 17.5 Å². The predicted octanol–water partition coefficient (Wildman–Crippen LogP) is 3.01. The van der Waals surface area contributed by atoms with Gasteiger partial charge in [0.1, 0.15) is 12.4 Å². The Balaban J connectivity index is 1.81. The quantitative estimate of drug-likeness (QED) is 0.541. The number of aryl methyl sites for hydroxylation is 1. The van der Waals surface area contributed by atoms with Crippen LogP contribution >= 0.6 is 0 Å². The van der Waals surface area contributed by atoms with Crippen LogP contribution in [0.25, 0.3) is 0 Å². The van der Waals surface area contributed by atoms with E-state index in [9.17, 15) is 22.4 Å². The van der Waals surface area contributed by atoms with Gasteiger partial charge in [-0.2, -0.15) is 5.10 Å². The van der Waals surface area contributed by atoms with E-state index in [0.717, 1.165) is 53.3 Å². The lowest BCUT2D eigenvalue weighted by atomic mass is 10.1. The largest absolute Gasteiger partial charge is 0.372 e. The average molecular weight is 473 g/mol. The third kappa shape index (κ3) is 5.46. The Hall–Kier alpha value is -3.53. The molecule has 8 nitrogen and oxygen atoms in total. The molecule has 1 amide bonds. The number of aromatic nitrogens is 2. The van der Waals surface area contributed by atoms with Crippen LogP contribution in [0, 0.1) is 12.7 Å². The summed E-state index contributed by atoms with van der Waals surface area (Å²) in [6.07, 6.45) is 0. The molecular formula is C23H25FN4O4S. The van der Waals surface area contributed by atoms with E-state index in [4.69, 9.17) is 0 Å². The van der Waals surface area contributed by atoms with E-state index < -0.39 is 38.7 Å². The van der Waals surface area contributed by atoms with Gasteiger partial charge in [-0.15, -0.1) is 0 Å². The molecule has 3 rings (SSSR count). The second-order valence-corrected chi connectivity index (χ2v) is 9.24. The molecule has 1 aromatic heterocycles. The summed E-state index contributed by atoms with van der Waals surface area (Å²) in [4.78, 5) is 26.6. The molecule has 0 bridgehead atoms. The maximum absolute atomic E-state index is 13.5. The smallest absolute Gasteiger partial charge is 0.267 e. The molecule has 0 saturated carbocycles. The number of nitrogens with zero attached hydrogens (tertiary/aromatic N) is 3. The second-order valence-electron chi connectivity index (χ2n) is 7.35. The van der Waals surface area contributed by atoms with Crippen molar-refractivity contribution in [2.24, 2.45) is 0 Å². The summed E-state index contributed by atoms with van der Waals surface area (Å²) >= 11 is 0. The highest BCUT2D eigenvalue weighted by Gasteiger charge is 2.21. The van der Waals surface area contributed by atoms with Gasteiger partial charge >= 0.3 is 0 Å². The minimum absolute atomic E-state index is 0.298. The number of amides is 1. The van der Waals surface area contributed by atoms with Crippen molar-refractivity contribution in [1.82, 2.24) is 9.78 Å². The first-order chi connectivity index (χ1) is 15.6. The second kappa shape index (κ2) is 9.95. The van der Waals surface area contributed by atoms with E-state index in [1.165, 1.54) is 12.1 Å². The maximum Gasteiger partial charge on any atom is 0.267 e. The first-order valence-corrected chi connectivity index (χ1v) is 11.9. The van der Waals surface area contributed by atoms with Crippen molar-refractivity contribution in [3.8, 4) is 0 Å². The SMILES string of the molecule is CCN(CC)c1ccc(NC(=O)Cn2nc(S(=O)(=O)c3cccc(F)c3)ccc2=O)c(C)c1. The fourth-order valence-electron chi connectivity index (χ4n) is 3.34. The van der Waals surface area contributed by atoms with E-state index in [1.54, 1.807) is 6.07 Å². The van der Waals surface area contributed by atoms with E-state index >= 15 is 0 Å². The van der Waals surface area contributed by atoms with E-state index in [1.807, 2.05) is 19.1 Å². The fourth-order valence-corrected chi connectivity index (χ4v) is 4.56. The summed E-state index contributed by atoms with van der Waals surface area (Å²) in [5, 5.41) is 6.11. The Morgan fingerprint density at radius 2 is 1.82 bits per heavy atom. The van der Waals surface area contributed by atoms with Crippen molar-refractivity contribution in [3.63, 3.8) is 0 Å². The van der Waals surface area contributed by atoms with Crippen LogP contribution in [0.5, 0.6) is 0 Å². The summed E-state index contributed by atoms with van der Waals surface area (Å²) in [7, 11) is -4.17. The van der Waals surface area contributed by atoms with Crippen LogP contribution in [-0.4, -0.2) is 37.2 Å². The van der Waals surface area contributed by atoms with Crippen LogP contribution in [-0.2, 0) is 21.2 Å².